The largest absolute Gasteiger partial charge is 0.477 e. The molecule has 8 heteroatoms. The fourth-order valence-corrected chi connectivity index (χ4v) is 4.64. The van der Waals surface area contributed by atoms with E-state index in [1.807, 2.05) is 17.5 Å². The highest BCUT2D eigenvalue weighted by Gasteiger charge is 2.53. The Labute approximate surface area is 140 Å². The van der Waals surface area contributed by atoms with Gasteiger partial charge in [0.15, 0.2) is 0 Å². The van der Waals surface area contributed by atoms with Crippen LogP contribution in [0.5, 0.6) is 0 Å². The smallest absolute Gasteiger partial charge is 0.352 e. The summed E-state index contributed by atoms with van der Waals surface area (Å²) in [5.41, 5.74) is 0.493. The summed E-state index contributed by atoms with van der Waals surface area (Å²) in [7, 11) is 0. The molecule has 1 fully saturated rings. The Bertz CT molecular complexity index is 711. The van der Waals surface area contributed by atoms with Crippen LogP contribution < -0.4 is 5.32 Å². The van der Waals surface area contributed by atoms with E-state index in [2.05, 4.69) is 11.9 Å². The summed E-state index contributed by atoms with van der Waals surface area (Å²) in [6.07, 6.45) is 1.68. The van der Waals surface area contributed by atoms with Gasteiger partial charge in [-0.15, -0.1) is 23.1 Å². The third-order valence-corrected chi connectivity index (χ3v) is 5.86. The van der Waals surface area contributed by atoms with E-state index in [4.69, 9.17) is 0 Å². The fourth-order valence-electron chi connectivity index (χ4n) is 2.60. The summed E-state index contributed by atoms with van der Waals surface area (Å²) >= 11 is 2.91. The van der Waals surface area contributed by atoms with Crippen LogP contribution in [0.25, 0.3) is 0 Å². The Morgan fingerprint density at radius 3 is 2.91 bits per heavy atom. The highest BCUT2D eigenvalue weighted by molar-refractivity contribution is 8.00. The van der Waals surface area contributed by atoms with Crippen molar-refractivity contribution in [1.82, 2.24) is 10.2 Å². The number of hydrogen-bond donors (Lipinski definition) is 2. The SMILES string of the molecule is C=CC1=C(C(=O)O)N2C(=O)[C@@H](NC(=O)Cc3cccs3)[C@@H]2SC1. The predicted molar refractivity (Wildman–Crippen MR) is 87.9 cm³/mol. The number of carbonyl (C=O) groups is 3. The molecule has 2 amide bonds. The standard InChI is InChI=1S/C15H14N2O4S2/c1-2-8-7-23-14-11(13(19)17(14)12(8)15(20)21)16-10(18)6-9-4-3-5-22-9/h2-5,11,14H,1,6-7H2,(H,16,18)(H,20,21)/t11-,14+/m1/s1. The third kappa shape index (κ3) is 2.79. The lowest BCUT2D eigenvalue weighted by Crippen LogP contribution is -2.70. The number of fused-ring (bicyclic) bond motifs is 1. The minimum absolute atomic E-state index is 0.0301. The molecule has 2 aliphatic heterocycles. The summed E-state index contributed by atoms with van der Waals surface area (Å²) in [6.45, 7) is 3.59. The van der Waals surface area contributed by atoms with Crippen molar-refractivity contribution in [3.05, 3.63) is 46.3 Å². The van der Waals surface area contributed by atoms with E-state index in [1.165, 1.54) is 34.1 Å². The van der Waals surface area contributed by atoms with Crippen LogP contribution >= 0.6 is 23.1 Å². The second kappa shape index (κ2) is 6.21. The minimum atomic E-state index is -1.15. The van der Waals surface area contributed by atoms with Crippen LogP contribution in [0.2, 0.25) is 0 Å². The van der Waals surface area contributed by atoms with Crippen molar-refractivity contribution in [3.8, 4) is 0 Å². The molecule has 0 spiro atoms. The number of carbonyl (C=O) groups excluding carboxylic acids is 2. The minimum Gasteiger partial charge on any atom is -0.477 e. The number of allylic oxidation sites excluding steroid dienone is 1. The van der Waals surface area contributed by atoms with Gasteiger partial charge in [-0.3, -0.25) is 14.5 Å². The molecule has 2 N–H and O–H groups in total. The molecule has 120 valence electrons. The average Bonchev–Trinajstić information content (AvgIpc) is 3.03. The lowest BCUT2D eigenvalue weighted by Gasteiger charge is -2.49. The normalized spacial score (nSPS) is 23.1. The number of thiophene rings is 1. The van der Waals surface area contributed by atoms with Crippen molar-refractivity contribution in [2.75, 3.05) is 5.75 Å². The van der Waals surface area contributed by atoms with Gasteiger partial charge in [0.05, 0.1) is 6.42 Å². The summed E-state index contributed by atoms with van der Waals surface area (Å²) in [6, 6.07) is 3.05. The zero-order chi connectivity index (χ0) is 16.6. The van der Waals surface area contributed by atoms with Crippen molar-refractivity contribution < 1.29 is 19.5 Å². The topological polar surface area (TPSA) is 86.7 Å². The lowest BCUT2D eigenvalue weighted by molar-refractivity contribution is -0.150. The van der Waals surface area contributed by atoms with Crippen LogP contribution in [0.4, 0.5) is 0 Å². The van der Waals surface area contributed by atoms with Gasteiger partial charge in [0, 0.05) is 10.6 Å². The first-order chi connectivity index (χ1) is 11.0. The second-order valence-electron chi connectivity index (χ2n) is 5.09. The Hall–Kier alpha value is -2.06. The Kier molecular flexibility index (Phi) is 4.27. The van der Waals surface area contributed by atoms with Gasteiger partial charge < -0.3 is 10.4 Å². The number of nitrogens with one attached hydrogen (secondary N) is 1. The van der Waals surface area contributed by atoms with Gasteiger partial charge >= 0.3 is 5.97 Å². The number of thioether (sulfide) groups is 1. The van der Waals surface area contributed by atoms with E-state index in [-0.39, 0.29) is 23.4 Å². The molecule has 1 aromatic rings. The summed E-state index contributed by atoms with van der Waals surface area (Å²) in [4.78, 5) is 37.9. The van der Waals surface area contributed by atoms with Gasteiger partial charge in [-0.05, 0) is 17.0 Å². The molecule has 0 bridgehead atoms. The number of β-lactam (4-membered cyclic amide) rings is 1. The van der Waals surface area contributed by atoms with E-state index in [9.17, 15) is 19.5 Å². The molecule has 23 heavy (non-hydrogen) atoms. The number of rotatable bonds is 5. The number of nitrogens with zero attached hydrogens (tertiary/aromatic N) is 1. The van der Waals surface area contributed by atoms with Gasteiger partial charge in [-0.2, -0.15) is 0 Å². The average molecular weight is 350 g/mol. The second-order valence-corrected chi connectivity index (χ2v) is 7.23. The first kappa shape index (κ1) is 15.8. The molecular formula is C15H14N2O4S2. The highest BCUT2D eigenvalue weighted by Crippen LogP contribution is 2.40. The number of carboxylic acids is 1. The molecule has 1 aromatic heterocycles. The monoisotopic (exact) mass is 350 g/mol. The number of carboxylic acid groups (broad SMARTS) is 1. The summed E-state index contributed by atoms with van der Waals surface area (Å²) in [5, 5.41) is 13.5. The molecule has 3 rings (SSSR count). The number of hydrogen-bond acceptors (Lipinski definition) is 5. The maximum atomic E-state index is 12.3. The molecule has 0 unspecified atom stereocenters. The summed E-state index contributed by atoms with van der Waals surface area (Å²) < 4.78 is 0. The van der Waals surface area contributed by atoms with Crippen LogP contribution in [0, 0.1) is 0 Å². The maximum Gasteiger partial charge on any atom is 0.352 e. The van der Waals surface area contributed by atoms with Gasteiger partial charge in [-0.1, -0.05) is 18.7 Å². The van der Waals surface area contributed by atoms with Crippen molar-refractivity contribution in [2.45, 2.75) is 17.8 Å². The van der Waals surface area contributed by atoms with Gasteiger partial charge in [0.1, 0.15) is 17.1 Å². The summed E-state index contributed by atoms with van der Waals surface area (Å²) in [5.74, 6) is -1.32. The van der Waals surface area contributed by atoms with Crippen LogP contribution in [-0.2, 0) is 20.8 Å². The molecule has 2 aliphatic rings. The molecule has 3 heterocycles. The van der Waals surface area contributed by atoms with E-state index >= 15 is 0 Å². The Morgan fingerprint density at radius 1 is 1.52 bits per heavy atom. The third-order valence-electron chi connectivity index (χ3n) is 3.68. The van der Waals surface area contributed by atoms with Crippen LogP contribution in [0.3, 0.4) is 0 Å². The van der Waals surface area contributed by atoms with E-state index in [0.29, 0.717) is 11.3 Å². The molecule has 0 saturated carbocycles. The van der Waals surface area contributed by atoms with E-state index < -0.39 is 17.9 Å². The molecular weight excluding hydrogens is 336 g/mol. The van der Waals surface area contributed by atoms with Gasteiger partial charge in [-0.25, -0.2) is 4.79 Å². The fraction of sp³-hybridized carbons (Fsp3) is 0.267. The quantitative estimate of drug-likeness (QED) is 0.780. The van der Waals surface area contributed by atoms with Crippen LogP contribution in [0.15, 0.2) is 41.4 Å². The predicted octanol–water partition coefficient (Wildman–Crippen LogP) is 1.22. The zero-order valence-corrected chi connectivity index (χ0v) is 13.7. The van der Waals surface area contributed by atoms with Gasteiger partial charge in [0.2, 0.25) is 5.91 Å². The maximum absolute atomic E-state index is 12.3. The Balaban J connectivity index is 1.71. The number of aliphatic carboxylic acids is 1. The first-order valence-corrected chi connectivity index (χ1v) is 8.81. The van der Waals surface area contributed by atoms with Crippen molar-refractivity contribution >= 4 is 40.9 Å². The van der Waals surface area contributed by atoms with E-state index in [0.717, 1.165) is 4.88 Å². The zero-order valence-electron chi connectivity index (χ0n) is 12.0. The van der Waals surface area contributed by atoms with Crippen LogP contribution in [0.1, 0.15) is 4.88 Å². The van der Waals surface area contributed by atoms with Crippen molar-refractivity contribution in [2.24, 2.45) is 0 Å². The Morgan fingerprint density at radius 2 is 2.30 bits per heavy atom. The van der Waals surface area contributed by atoms with Crippen molar-refractivity contribution in [1.29, 1.82) is 0 Å². The molecule has 0 radical (unpaired) electrons. The number of amides is 2. The first-order valence-electron chi connectivity index (χ1n) is 6.88. The van der Waals surface area contributed by atoms with Crippen molar-refractivity contribution in [3.63, 3.8) is 0 Å². The molecule has 0 aliphatic carbocycles. The molecule has 0 aromatic carbocycles. The van der Waals surface area contributed by atoms with E-state index in [1.54, 1.807) is 0 Å². The molecule has 1 saturated heterocycles. The molecule has 2 atom stereocenters. The van der Waals surface area contributed by atoms with Gasteiger partial charge in [0.25, 0.3) is 5.91 Å². The molecule has 6 nitrogen and oxygen atoms in total. The lowest BCUT2D eigenvalue weighted by atomic mass is 10.0. The van der Waals surface area contributed by atoms with Crippen LogP contribution in [-0.4, -0.2) is 45.0 Å². The highest BCUT2D eigenvalue weighted by atomic mass is 32.2.